The highest BCUT2D eigenvalue weighted by molar-refractivity contribution is 5.88. The van der Waals surface area contributed by atoms with Crippen LogP contribution >= 0.6 is 0 Å². The molecule has 2 unspecified atom stereocenters. The second kappa shape index (κ2) is 9.31. The van der Waals surface area contributed by atoms with Crippen molar-refractivity contribution in [3.63, 3.8) is 0 Å². The van der Waals surface area contributed by atoms with E-state index in [1.807, 2.05) is 24.4 Å². The van der Waals surface area contributed by atoms with Gasteiger partial charge in [0.25, 0.3) is 0 Å². The zero-order chi connectivity index (χ0) is 22.8. The number of fused-ring (bicyclic) bond motifs is 2. The molecular weight excluding hydrogens is 414 g/mol. The van der Waals surface area contributed by atoms with E-state index in [0.29, 0.717) is 12.0 Å². The van der Waals surface area contributed by atoms with E-state index in [9.17, 15) is 0 Å². The third-order valence-corrected chi connectivity index (χ3v) is 6.75. The first-order valence-corrected chi connectivity index (χ1v) is 12.1. The van der Waals surface area contributed by atoms with E-state index in [-0.39, 0.29) is 5.54 Å². The molecule has 1 N–H and O–H groups in total. The maximum absolute atomic E-state index is 6.06. The van der Waals surface area contributed by atoms with Crippen LogP contribution in [0.5, 0.6) is 5.88 Å². The fourth-order valence-electron chi connectivity index (χ4n) is 4.86. The third-order valence-electron chi connectivity index (χ3n) is 6.75. The van der Waals surface area contributed by atoms with Crippen LogP contribution in [-0.2, 0) is 6.54 Å². The second-order valence-electron chi connectivity index (χ2n) is 10.5. The monoisotopic (exact) mass is 449 g/mol. The quantitative estimate of drug-likeness (QED) is 0.608. The SMILES string of the molecule is CC(C)(C)NCc1ccc(OCC2CCC3CN(c4noc5ccccc45)CCN3C2)nc1. The topological polar surface area (TPSA) is 66.7 Å². The van der Waals surface area contributed by atoms with Crippen molar-refractivity contribution in [1.29, 1.82) is 0 Å². The van der Waals surface area contributed by atoms with Crippen LogP contribution in [0.15, 0.2) is 47.1 Å². The van der Waals surface area contributed by atoms with E-state index in [2.05, 4.69) is 64.2 Å². The van der Waals surface area contributed by atoms with E-state index >= 15 is 0 Å². The lowest BCUT2D eigenvalue weighted by atomic mass is 9.91. The van der Waals surface area contributed by atoms with Gasteiger partial charge in [0.15, 0.2) is 11.4 Å². The van der Waals surface area contributed by atoms with Crippen LogP contribution in [-0.4, -0.2) is 59.4 Å². The number of pyridine rings is 1. The second-order valence-corrected chi connectivity index (χ2v) is 10.5. The van der Waals surface area contributed by atoms with Crippen molar-refractivity contribution in [3.05, 3.63) is 48.2 Å². The van der Waals surface area contributed by atoms with Gasteiger partial charge in [-0.2, -0.15) is 0 Å². The van der Waals surface area contributed by atoms with Gasteiger partial charge in [0.05, 0.1) is 12.0 Å². The van der Waals surface area contributed by atoms with Crippen molar-refractivity contribution < 1.29 is 9.26 Å². The molecule has 0 spiro atoms. The number of benzene rings is 1. The average molecular weight is 450 g/mol. The van der Waals surface area contributed by atoms with Crippen LogP contribution in [0.2, 0.25) is 0 Å². The molecule has 2 fully saturated rings. The minimum Gasteiger partial charge on any atom is -0.477 e. The number of hydrogen-bond acceptors (Lipinski definition) is 7. The van der Waals surface area contributed by atoms with Crippen LogP contribution < -0.4 is 15.0 Å². The number of rotatable bonds is 6. The van der Waals surface area contributed by atoms with Crippen molar-refractivity contribution >= 4 is 16.8 Å². The van der Waals surface area contributed by atoms with Crippen molar-refractivity contribution in [2.45, 2.75) is 51.7 Å². The number of aromatic nitrogens is 2. The first-order valence-electron chi connectivity index (χ1n) is 12.1. The highest BCUT2D eigenvalue weighted by Gasteiger charge is 2.34. The lowest BCUT2D eigenvalue weighted by Crippen LogP contribution is -2.57. The molecule has 176 valence electrons. The summed E-state index contributed by atoms with van der Waals surface area (Å²) in [5.41, 5.74) is 2.14. The van der Waals surface area contributed by atoms with E-state index in [4.69, 9.17) is 9.26 Å². The summed E-state index contributed by atoms with van der Waals surface area (Å²) in [6.45, 7) is 12.2. The van der Waals surface area contributed by atoms with Gasteiger partial charge in [-0.1, -0.05) is 23.4 Å². The van der Waals surface area contributed by atoms with Crippen LogP contribution in [0.4, 0.5) is 5.82 Å². The van der Waals surface area contributed by atoms with Gasteiger partial charge in [0.2, 0.25) is 5.88 Å². The van der Waals surface area contributed by atoms with Crippen molar-refractivity contribution in [3.8, 4) is 5.88 Å². The summed E-state index contributed by atoms with van der Waals surface area (Å²) in [5, 5.41) is 8.97. The number of nitrogens with zero attached hydrogens (tertiary/aromatic N) is 4. The molecule has 5 rings (SSSR count). The number of piperidine rings is 1. The molecule has 2 aliphatic rings. The molecule has 1 aromatic carbocycles. The van der Waals surface area contributed by atoms with Gasteiger partial charge >= 0.3 is 0 Å². The van der Waals surface area contributed by atoms with Gasteiger partial charge in [-0.25, -0.2) is 4.98 Å². The summed E-state index contributed by atoms with van der Waals surface area (Å²) in [5.74, 6) is 2.26. The van der Waals surface area contributed by atoms with E-state index in [1.54, 1.807) is 0 Å². The smallest absolute Gasteiger partial charge is 0.213 e. The Kier molecular flexibility index (Phi) is 6.25. The fourth-order valence-corrected chi connectivity index (χ4v) is 4.86. The molecule has 7 nitrogen and oxygen atoms in total. The van der Waals surface area contributed by atoms with Gasteiger partial charge in [-0.05, 0) is 51.3 Å². The van der Waals surface area contributed by atoms with Crippen molar-refractivity contribution in [2.75, 3.05) is 37.7 Å². The number of para-hydroxylation sites is 1. The standard InChI is InChI=1S/C26H35N5O2/c1-26(2,3)28-15-19-9-11-24(27-14-19)32-18-20-8-10-21-17-31(13-12-30(21)16-20)25-22-6-4-5-7-23(22)33-29-25/h4-7,9,11,14,20-21,28H,8,10,12-13,15-18H2,1-3H3. The molecule has 0 radical (unpaired) electrons. The summed E-state index contributed by atoms with van der Waals surface area (Å²) < 4.78 is 11.6. The number of nitrogens with one attached hydrogen (secondary N) is 1. The van der Waals surface area contributed by atoms with Gasteiger partial charge in [-0.3, -0.25) is 4.90 Å². The van der Waals surface area contributed by atoms with Crippen molar-refractivity contribution in [2.24, 2.45) is 5.92 Å². The molecule has 2 aromatic heterocycles. The molecule has 3 aromatic rings. The summed E-state index contributed by atoms with van der Waals surface area (Å²) in [4.78, 5) is 9.53. The summed E-state index contributed by atoms with van der Waals surface area (Å²) >= 11 is 0. The predicted octanol–water partition coefficient (Wildman–Crippen LogP) is 4.09. The maximum atomic E-state index is 6.06. The van der Waals surface area contributed by atoms with Gasteiger partial charge in [-0.15, -0.1) is 0 Å². The zero-order valence-electron chi connectivity index (χ0n) is 20.0. The van der Waals surface area contributed by atoms with Crippen LogP contribution in [0.1, 0.15) is 39.2 Å². The van der Waals surface area contributed by atoms with E-state index in [1.165, 1.54) is 18.4 Å². The molecule has 2 saturated heterocycles. The highest BCUT2D eigenvalue weighted by Crippen LogP contribution is 2.31. The lowest BCUT2D eigenvalue weighted by molar-refractivity contribution is 0.0717. The number of anilines is 1. The van der Waals surface area contributed by atoms with Crippen LogP contribution in [0.25, 0.3) is 11.0 Å². The lowest BCUT2D eigenvalue weighted by Gasteiger charge is -2.46. The molecule has 2 aliphatic heterocycles. The van der Waals surface area contributed by atoms with Gasteiger partial charge in [0, 0.05) is 62.5 Å². The van der Waals surface area contributed by atoms with Crippen molar-refractivity contribution in [1.82, 2.24) is 20.4 Å². The molecule has 33 heavy (non-hydrogen) atoms. The Labute approximate surface area is 196 Å². The van der Waals surface area contributed by atoms with E-state index < -0.39 is 0 Å². The third kappa shape index (κ3) is 5.31. The Balaban J connectivity index is 1.11. The maximum Gasteiger partial charge on any atom is 0.213 e. The minimum atomic E-state index is 0.0995. The Morgan fingerprint density at radius 3 is 2.79 bits per heavy atom. The fraction of sp³-hybridized carbons (Fsp3) is 0.538. The first-order chi connectivity index (χ1) is 15.9. The van der Waals surface area contributed by atoms with E-state index in [0.717, 1.165) is 62.0 Å². The number of piperazine rings is 1. The molecular formula is C26H35N5O2. The number of ether oxygens (including phenoxy) is 1. The highest BCUT2D eigenvalue weighted by atomic mass is 16.5. The molecule has 7 heteroatoms. The largest absolute Gasteiger partial charge is 0.477 e. The minimum absolute atomic E-state index is 0.0995. The molecule has 2 atom stereocenters. The summed E-state index contributed by atoms with van der Waals surface area (Å²) in [6.07, 6.45) is 4.28. The van der Waals surface area contributed by atoms with Crippen LogP contribution in [0, 0.1) is 5.92 Å². The Bertz CT molecular complexity index is 1060. The molecule has 0 saturated carbocycles. The average Bonchev–Trinajstić information content (AvgIpc) is 3.25. The Hall–Kier alpha value is -2.64. The zero-order valence-corrected chi connectivity index (χ0v) is 20.0. The van der Waals surface area contributed by atoms with Crippen LogP contribution in [0.3, 0.4) is 0 Å². The molecule has 0 aliphatic carbocycles. The first kappa shape index (κ1) is 22.2. The summed E-state index contributed by atoms with van der Waals surface area (Å²) in [7, 11) is 0. The Morgan fingerprint density at radius 1 is 1.09 bits per heavy atom. The molecule has 0 bridgehead atoms. The number of hydrogen-bond donors (Lipinski definition) is 1. The van der Waals surface area contributed by atoms with Gasteiger partial charge in [0.1, 0.15) is 0 Å². The summed E-state index contributed by atoms with van der Waals surface area (Å²) in [6, 6.07) is 12.8. The normalized spacial score (nSPS) is 21.8. The Morgan fingerprint density at radius 2 is 1.97 bits per heavy atom. The molecule has 0 amide bonds. The van der Waals surface area contributed by atoms with Gasteiger partial charge < -0.3 is 19.5 Å². The molecule has 4 heterocycles. The predicted molar refractivity (Wildman–Crippen MR) is 131 cm³/mol.